The lowest BCUT2D eigenvalue weighted by Crippen LogP contribution is -2.60. The average molecular weight is 1610 g/mol. The summed E-state index contributed by atoms with van der Waals surface area (Å²) < 4.78 is 0. The number of amides is 13. The number of benzene rings is 1. The van der Waals surface area contributed by atoms with Crippen molar-refractivity contribution >= 4 is 113 Å². The molecule has 0 aliphatic rings. The molecule has 0 aliphatic heterocycles. The fourth-order valence-electron chi connectivity index (χ4n) is 10.9. The standard InChI is InChI=1S/C67H123N33O14/c1-37(101)91-49(35-38-21-23-39(102)24-22-38)53(106)90-36-51(104)92-41(16-12-34-89-67(82)83-2)54(107)94-42(13-3-5-27-68)56(109)95-43(14-4-6-28-69)57(110)97-45(18-9-31-86-64(76)77)58(111)98-47(20-11-33-88-66(80)81)60(113)100-48(25-26-50(70)103)61(114)99-46(19-10-32-87-65(78)79)59(112)96-44(17-8-30-85-63(74)75)55(108)93-40(52(71)105)15-7-29-84-62(72)73/h21-24,40-49,102H,3-20,25-36,68-69H2,1-2H3,(H2,70,103)(H2,71,105)(H,90,106)(H,91,101)(H,92,104)(H,93,108)(H,94,107)(H,95,109)(H,96,112)(H,97,110)(H,98,111)(H,99,114)(H,100,113)(H4,72,73,84)(H4,74,75,85)(H4,76,77,86)(H4,78,79,87)(H4,80,81,88)(H3,82,83,89)/t40-,41-,42-,43-,44-,45-,46-,47-,48-,49-/m0/s1. The Bertz CT molecular complexity index is 3430. The minimum Gasteiger partial charge on any atom is -0.508 e. The van der Waals surface area contributed by atoms with E-state index in [2.05, 4.69) is 93.8 Å². The Hall–Kier alpha value is -12.3. The van der Waals surface area contributed by atoms with E-state index in [4.69, 9.17) is 86.0 Å². The van der Waals surface area contributed by atoms with Gasteiger partial charge in [-0.2, -0.15) is 0 Å². The van der Waals surface area contributed by atoms with Gasteiger partial charge in [-0.05, 0) is 153 Å². The molecule has 0 spiro atoms. The van der Waals surface area contributed by atoms with Gasteiger partial charge in [-0.15, -0.1) is 0 Å². The van der Waals surface area contributed by atoms with Gasteiger partial charge in [0.05, 0.1) is 6.54 Å². The summed E-state index contributed by atoms with van der Waals surface area (Å²) in [6.07, 6.45) is -0.573. The first-order valence-electron chi connectivity index (χ1n) is 37.3. The molecule has 1 rings (SSSR count). The summed E-state index contributed by atoms with van der Waals surface area (Å²) in [7, 11) is 1.44. The molecule has 0 aliphatic carbocycles. The van der Waals surface area contributed by atoms with Crippen molar-refractivity contribution < 1.29 is 67.4 Å². The number of unbranched alkanes of at least 4 members (excludes halogenated alkanes) is 2. The van der Waals surface area contributed by atoms with E-state index in [1.54, 1.807) is 12.1 Å². The molecule has 47 nitrogen and oxygen atoms in total. The molecule has 0 radical (unpaired) electrons. The zero-order valence-electron chi connectivity index (χ0n) is 64.9. The molecule has 0 aromatic heterocycles. The summed E-state index contributed by atoms with van der Waals surface area (Å²) in [6.45, 7) is 0.796. The number of aliphatic imine (C=N–C) groups is 6. The van der Waals surface area contributed by atoms with Gasteiger partial charge in [0.15, 0.2) is 35.8 Å². The van der Waals surface area contributed by atoms with Crippen LogP contribution in [0.3, 0.4) is 0 Å². The van der Waals surface area contributed by atoms with E-state index in [0.717, 1.165) is 0 Å². The molecule has 0 fully saturated rings. The predicted octanol–water partition coefficient (Wildman–Crippen LogP) is -11.5. The van der Waals surface area contributed by atoms with E-state index in [1.165, 1.54) is 26.1 Å². The van der Waals surface area contributed by atoms with Crippen molar-refractivity contribution in [3.05, 3.63) is 29.8 Å². The van der Waals surface area contributed by atoms with E-state index >= 15 is 0 Å². The predicted molar refractivity (Wildman–Crippen MR) is 428 cm³/mol. The number of nitrogens with zero attached hydrogens (tertiary/aromatic N) is 6. The van der Waals surface area contributed by atoms with Crippen LogP contribution in [0.4, 0.5) is 0 Å². The lowest BCUT2D eigenvalue weighted by atomic mass is 10.0. The minimum absolute atomic E-state index is 0.00451. The minimum atomic E-state index is -1.73. The van der Waals surface area contributed by atoms with E-state index in [-0.39, 0.29) is 203 Å². The van der Waals surface area contributed by atoms with Gasteiger partial charge in [0.1, 0.15) is 66.2 Å². The molecule has 114 heavy (non-hydrogen) atoms. The van der Waals surface area contributed by atoms with Gasteiger partial charge < -0.3 is 155 Å². The van der Waals surface area contributed by atoms with Gasteiger partial charge in [-0.3, -0.25) is 92.3 Å². The van der Waals surface area contributed by atoms with Crippen LogP contribution in [0.2, 0.25) is 0 Å². The zero-order valence-corrected chi connectivity index (χ0v) is 64.9. The van der Waals surface area contributed by atoms with E-state index in [0.29, 0.717) is 18.4 Å². The molecule has 1 aromatic carbocycles. The number of primary amides is 2. The smallest absolute Gasteiger partial charge is 0.243 e. The Kier molecular flexibility index (Phi) is 49.7. The third-order valence-electron chi connectivity index (χ3n) is 16.8. The first-order chi connectivity index (χ1) is 54.0. The highest BCUT2D eigenvalue weighted by Gasteiger charge is 2.36. The number of nitrogens with two attached hydrogens (primary N) is 15. The molecule has 1 aromatic rings. The highest BCUT2D eigenvalue weighted by molar-refractivity contribution is 5.99. The lowest BCUT2D eigenvalue weighted by molar-refractivity contribution is -0.136. The summed E-state index contributed by atoms with van der Waals surface area (Å²) in [4.78, 5) is 205. The fraction of sp³-hybridized carbons (Fsp3) is 0.627. The molecule has 0 saturated carbocycles. The maximum atomic E-state index is 14.9. The Morgan fingerprint density at radius 2 is 0.649 bits per heavy atom. The molecule has 0 unspecified atom stereocenters. The van der Waals surface area contributed by atoms with Crippen molar-refractivity contribution in [2.45, 2.75) is 202 Å². The normalized spacial score (nSPS) is 13.6. The summed E-state index contributed by atoms with van der Waals surface area (Å²) in [5, 5.41) is 41.1. The fourth-order valence-corrected chi connectivity index (χ4v) is 10.9. The van der Waals surface area contributed by atoms with Crippen molar-refractivity contribution in [3.8, 4) is 5.75 Å². The highest BCUT2D eigenvalue weighted by Crippen LogP contribution is 2.15. The summed E-state index contributed by atoms with van der Waals surface area (Å²) >= 11 is 0. The van der Waals surface area contributed by atoms with Crippen molar-refractivity contribution in [1.82, 2.24) is 63.8 Å². The van der Waals surface area contributed by atoms with Crippen LogP contribution in [0, 0.1) is 0 Å². The van der Waals surface area contributed by atoms with Crippen LogP contribution in [0.5, 0.6) is 5.75 Å². The van der Waals surface area contributed by atoms with Gasteiger partial charge in [0.25, 0.3) is 0 Å². The Morgan fingerprint density at radius 3 is 0.947 bits per heavy atom. The van der Waals surface area contributed by atoms with Gasteiger partial charge in [-0.25, -0.2) is 0 Å². The number of hydrogen-bond acceptors (Lipinski definition) is 22. The SMILES string of the molecule is CN=C(N)NCCC[C@H](NC(=O)CNC(=O)[C@H](Cc1ccc(O)cc1)NC(C)=O)C(=O)N[C@@H](CCCCN)C(=O)N[C@@H](CCCCN)C(=O)N[C@@H](CCCN=C(N)N)C(=O)N[C@@H](CCCN=C(N)N)C(=O)N[C@@H](CCC(N)=O)C(=O)N[C@@H](CCCN=C(N)N)C(=O)N[C@@H](CCCN=C(N)N)C(=O)N[C@@H](CCCN=C(N)N)C(N)=O. The number of carbonyl (C=O) groups excluding carboxylic acids is 13. The second-order valence-corrected chi connectivity index (χ2v) is 26.3. The van der Waals surface area contributed by atoms with Crippen LogP contribution < -0.4 is 150 Å². The van der Waals surface area contributed by atoms with Gasteiger partial charge in [-0.1, -0.05) is 12.1 Å². The molecule has 13 amide bonds. The maximum Gasteiger partial charge on any atom is 0.243 e. The zero-order chi connectivity index (χ0) is 85.7. The van der Waals surface area contributed by atoms with Crippen LogP contribution in [-0.2, 0) is 68.7 Å². The van der Waals surface area contributed by atoms with E-state index in [1.807, 2.05) is 0 Å². The largest absolute Gasteiger partial charge is 0.508 e. The summed E-state index contributed by atoms with van der Waals surface area (Å²) in [6, 6.07) is -8.75. The van der Waals surface area contributed by atoms with Crippen LogP contribution in [-0.4, -0.2) is 244 Å². The molecular formula is C67H123N33O14. The van der Waals surface area contributed by atoms with Crippen molar-refractivity contribution in [3.63, 3.8) is 0 Å². The molecule has 10 atom stereocenters. The average Bonchev–Trinajstić information content (AvgIpc) is 0.858. The number of carbonyl (C=O) groups is 13. The summed E-state index contributed by atoms with van der Waals surface area (Å²) in [5.74, 6) is -13.1. The number of aromatic hydroxyl groups is 1. The van der Waals surface area contributed by atoms with Crippen LogP contribution in [0.15, 0.2) is 54.2 Å². The lowest BCUT2D eigenvalue weighted by Gasteiger charge is -2.28. The van der Waals surface area contributed by atoms with Crippen molar-refractivity contribution in [2.24, 2.45) is 116 Å². The monoisotopic (exact) mass is 1610 g/mol. The molecule has 47 heteroatoms. The Morgan fingerprint density at radius 1 is 0.351 bits per heavy atom. The third-order valence-corrected chi connectivity index (χ3v) is 16.8. The number of guanidine groups is 6. The molecule has 0 saturated heterocycles. The molecule has 640 valence electrons. The number of phenols is 1. The second-order valence-electron chi connectivity index (χ2n) is 26.3. The van der Waals surface area contributed by atoms with Crippen LogP contribution in [0.25, 0.3) is 0 Å². The molecule has 43 N–H and O–H groups in total. The van der Waals surface area contributed by atoms with Crippen LogP contribution in [0.1, 0.15) is 141 Å². The number of rotatable bonds is 59. The maximum absolute atomic E-state index is 14.9. The second kappa shape index (κ2) is 56.8. The molecule has 0 bridgehead atoms. The number of phenolic OH excluding ortho intramolecular Hbond substituents is 1. The van der Waals surface area contributed by atoms with E-state index < -0.39 is 157 Å². The third kappa shape index (κ3) is 45.7. The molecular weight excluding hydrogens is 1490 g/mol. The van der Waals surface area contributed by atoms with Crippen molar-refractivity contribution in [1.29, 1.82) is 0 Å². The first-order valence-corrected chi connectivity index (χ1v) is 37.3. The Balaban J connectivity index is 3.93. The van der Waals surface area contributed by atoms with Crippen molar-refractivity contribution in [2.75, 3.05) is 66.0 Å². The molecule has 0 heterocycles. The van der Waals surface area contributed by atoms with Gasteiger partial charge in [0, 0.05) is 66.1 Å². The topological polar surface area (TPSA) is 851 Å². The first kappa shape index (κ1) is 99.7. The number of nitrogens with one attached hydrogen (secondary N) is 12. The van der Waals surface area contributed by atoms with Gasteiger partial charge >= 0.3 is 0 Å². The number of hydrogen-bond donors (Lipinski definition) is 28. The quantitative estimate of drug-likeness (QED) is 0.0164. The Labute approximate surface area is 661 Å². The summed E-state index contributed by atoms with van der Waals surface area (Å²) in [5.41, 5.74) is 84.8. The van der Waals surface area contributed by atoms with Gasteiger partial charge in [0.2, 0.25) is 76.8 Å². The highest BCUT2D eigenvalue weighted by atomic mass is 16.3. The van der Waals surface area contributed by atoms with Crippen LogP contribution >= 0.6 is 0 Å². The van der Waals surface area contributed by atoms with E-state index in [9.17, 15) is 67.4 Å².